The third-order valence-electron chi connectivity index (χ3n) is 7.11. The number of aryl methyl sites for hydroxylation is 3. The molecule has 0 bridgehead atoms. The molecule has 2 saturated heterocycles. The molecule has 2 heterocycles. The van der Waals surface area contributed by atoms with Gasteiger partial charge >= 0.3 is 0 Å². The van der Waals surface area contributed by atoms with Gasteiger partial charge in [-0.2, -0.15) is 4.31 Å². The number of piperidine rings is 1. The summed E-state index contributed by atoms with van der Waals surface area (Å²) in [7, 11) is -3.56. The fraction of sp³-hybridized carbons (Fsp3) is 0.519. The van der Waals surface area contributed by atoms with Crippen LogP contribution < -0.4 is 5.32 Å². The van der Waals surface area contributed by atoms with E-state index >= 15 is 0 Å². The average molecular weight is 500 g/mol. The number of amides is 1. The zero-order valence-corrected chi connectivity index (χ0v) is 21.8. The van der Waals surface area contributed by atoms with Crippen molar-refractivity contribution in [3.63, 3.8) is 0 Å². The summed E-state index contributed by atoms with van der Waals surface area (Å²) < 4.78 is 33.4. The molecule has 1 amide bonds. The molecule has 0 radical (unpaired) electrons. The number of ether oxygens (including phenoxy) is 1. The molecule has 0 saturated carbocycles. The first-order chi connectivity index (χ1) is 16.7. The van der Waals surface area contributed by atoms with E-state index in [1.807, 2.05) is 26.0 Å². The first-order valence-electron chi connectivity index (χ1n) is 12.5. The number of sulfonamides is 1. The maximum Gasteiger partial charge on any atom is 0.243 e. The van der Waals surface area contributed by atoms with Crippen LogP contribution in [0.25, 0.3) is 0 Å². The molecule has 2 fully saturated rings. The molecule has 1 atom stereocenters. The van der Waals surface area contributed by atoms with Crippen molar-refractivity contribution >= 4 is 15.9 Å². The van der Waals surface area contributed by atoms with E-state index in [0.717, 1.165) is 36.3 Å². The van der Waals surface area contributed by atoms with Crippen LogP contribution in [0.1, 0.15) is 41.1 Å². The Morgan fingerprint density at radius 2 is 1.60 bits per heavy atom. The Kier molecular flexibility index (Phi) is 8.27. The average Bonchev–Trinajstić information content (AvgIpc) is 2.84. The van der Waals surface area contributed by atoms with Crippen LogP contribution in [0.5, 0.6) is 0 Å². The van der Waals surface area contributed by atoms with E-state index in [0.29, 0.717) is 44.0 Å². The third-order valence-corrected chi connectivity index (χ3v) is 9.17. The number of benzene rings is 2. The number of nitrogens with zero attached hydrogens (tertiary/aromatic N) is 2. The van der Waals surface area contributed by atoms with E-state index in [2.05, 4.69) is 41.4 Å². The first-order valence-corrected chi connectivity index (χ1v) is 13.9. The third kappa shape index (κ3) is 6.30. The summed E-state index contributed by atoms with van der Waals surface area (Å²) in [5.74, 6) is -0.189. The first kappa shape index (κ1) is 25.8. The second-order valence-electron chi connectivity index (χ2n) is 9.83. The Balaban J connectivity index is 1.40. The standard InChI is InChI=1S/C27H37N3O4S/c1-20-4-7-23(8-5-20)25(19-29-14-16-34-17-15-29)28-27(31)24-10-12-30(13-11-24)35(32,33)26-9-6-21(2)18-22(26)3/h4-9,18,24-25H,10-17,19H2,1-3H3,(H,28,31)/t25-/m1/s1. The quantitative estimate of drug-likeness (QED) is 0.633. The molecule has 190 valence electrons. The van der Waals surface area contributed by atoms with Crippen molar-refractivity contribution in [2.45, 2.75) is 44.6 Å². The number of hydrogen-bond acceptors (Lipinski definition) is 5. The normalized spacial score (nSPS) is 19.4. The van der Waals surface area contributed by atoms with E-state index in [9.17, 15) is 13.2 Å². The van der Waals surface area contributed by atoms with E-state index in [1.54, 1.807) is 6.07 Å². The molecule has 35 heavy (non-hydrogen) atoms. The predicted molar refractivity (Wildman–Crippen MR) is 137 cm³/mol. The van der Waals surface area contributed by atoms with Gasteiger partial charge in [-0.05, 0) is 50.8 Å². The van der Waals surface area contributed by atoms with Crippen molar-refractivity contribution in [2.75, 3.05) is 45.9 Å². The molecule has 1 N–H and O–H groups in total. The van der Waals surface area contributed by atoms with E-state index in [4.69, 9.17) is 4.74 Å². The summed E-state index contributed by atoms with van der Waals surface area (Å²) in [4.78, 5) is 16.0. The molecule has 0 spiro atoms. The van der Waals surface area contributed by atoms with Gasteiger partial charge in [0, 0.05) is 38.6 Å². The van der Waals surface area contributed by atoms with Crippen LogP contribution in [0.15, 0.2) is 47.4 Å². The molecule has 2 aliphatic rings. The van der Waals surface area contributed by atoms with Crippen molar-refractivity contribution in [1.29, 1.82) is 0 Å². The summed E-state index contributed by atoms with van der Waals surface area (Å²) in [6, 6.07) is 13.6. The number of hydrogen-bond donors (Lipinski definition) is 1. The topological polar surface area (TPSA) is 79.0 Å². The van der Waals surface area contributed by atoms with E-state index < -0.39 is 10.0 Å². The lowest BCUT2D eigenvalue weighted by Crippen LogP contribution is -2.46. The summed E-state index contributed by atoms with van der Waals surface area (Å²) in [6.07, 6.45) is 1.04. The van der Waals surface area contributed by atoms with Gasteiger partial charge in [0.25, 0.3) is 0 Å². The predicted octanol–water partition coefficient (Wildman–Crippen LogP) is 3.20. The van der Waals surface area contributed by atoms with Crippen molar-refractivity contribution in [3.8, 4) is 0 Å². The van der Waals surface area contributed by atoms with Crippen LogP contribution in [0.2, 0.25) is 0 Å². The van der Waals surface area contributed by atoms with Crippen LogP contribution in [0.4, 0.5) is 0 Å². The summed E-state index contributed by atoms with van der Waals surface area (Å²) in [5.41, 5.74) is 4.07. The molecule has 2 aliphatic heterocycles. The van der Waals surface area contributed by atoms with Gasteiger partial charge in [-0.3, -0.25) is 9.69 Å². The Morgan fingerprint density at radius 1 is 0.971 bits per heavy atom. The van der Waals surface area contributed by atoms with Gasteiger partial charge in [-0.1, -0.05) is 47.5 Å². The van der Waals surface area contributed by atoms with Crippen molar-refractivity contribution in [3.05, 3.63) is 64.7 Å². The second kappa shape index (κ2) is 11.2. The van der Waals surface area contributed by atoms with Crippen LogP contribution >= 0.6 is 0 Å². The molecule has 0 unspecified atom stereocenters. The molecule has 8 heteroatoms. The van der Waals surface area contributed by atoms with Gasteiger partial charge in [-0.15, -0.1) is 0 Å². The Bertz CT molecular complexity index is 1120. The second-order valence-corrected chi connectivity index (χ2v) is 11.7. The minimum Gasteiger partial charge on any atom is -0.379 e. The highest BCUT2D eigenvalue weighted by atomic mass is 32.2. The molecular formula is C27H37N3O4S. The fourth-order valence-electron chi connectivity index (χ4n) is 4.95. The molecule has 2 aromatic carbocycles. The van der Waals surface area contributed by atoms with Crippen molar-refractivity contribution in [1.82, 2.24) is 14.5 Å². The Labute approximate surface area is 209 Å². The lowest BCUT2D eigenvalue weighted by Gasteiger charge is -2.34. The summed E-state index contributed by atoms with van der Waals surface area (Å²) in [5, 5.41) is 3.28. The Morgan fingerprint density at radius 3 is 2.23 bits per heavy atom. The molecule has 0 aliphatic carbocycles. The van der Waals surface area contributed by atoms with Gasteiger partial charge in [0.2, 0.25) is 15.9 Å². The highest BCUT2D eigenvalue weighted by Gasteiger charge is 2.33. The molecule has 4 rings (SSSR count). The minimum atomic E-state index is -3.56. The van der Waals surface area contributed by atoms with Crippen LogP contribution in [0, 0.1) is 26.7 Å². The maximum atomic E-state index is 13.3. The van der Waals surface area contributed by atoms with Gasteiger partial charge in [0.15, 0.2) is 0 Å². The van der Waals surface area contributed by atoms with Gasteiger partial charge in [0.05, 0.1) is 24.2 Å². The fourth-order valence-corrected chi connectivity index (χ4v) is 6.63. The molecule has 2 aromatic rings. The van der Waals surface area contributed by atoms with Gasteiger partial charge in [0.1, 0.15) is 0 Å². The SMILES string of the molecule is Cc1ccc([C@@H](CN2CCOCC2)NC(=O)C2CCN(S(=O)(=O)c3ccc(C)cc3C)CC2)cc1. The van der Waals surface area contributed by atoms with Gasteiger partial charge in [-0.25, -0.2) is 8.42 Å². The summed E-state index contributed by atoms with van der Waals surface area (Å²) in [6.45, 7) is 10.4. The highest BCUT2D eigenvalue weighted by Crippen LogP contribution is 2.27. The van der Waals surface area contributed by atoms with Crippen LogP contribution in [-0.2, 0) is 19.6 Å². The van der Waals surface area contributed by atoms with E-state index in [-0.39, 0.29) is 17.9 Å². The maximum absolute atomic E-state index is 13.3. The largest absolute Gasteiger partial charge is 0.379 e. The zero-order valence-electron chi connectivity index (χ0n) is 21.0. The van der Waals surface area contributed by atoms with Crippen LogP contribution in [0.3, 0.4) is 0 Å². The molecular weight excluding hydrogens is 462 g/mol. The number of carbonyl (C=O) groups is 1. The highest BCUT2D eigenvalue weighted by molar-refractivity contribution is 7.89. The van der Waals surface area contributed by atoms with Crippen molar-refractivity contribution < 1.29 is 17.9 Å². The molecule has 7 nitrogen and oxygen atoms in total. The lowest BCUT2D eigenvalue weighted by atomic mass is 9.96. The summed E-state index contributed by atoms with van der Waals surface area (Å²) >= 11 is 0. The zero-order chi connectivity index (χ0) is 25.0. The number of morpholine rings is 1. The van der Waals surface area contributed by atoms with Gasteiger partial charge < -0.3 is 10.1 Å². The Hall–Kier alpha value is -2.26. The number of nitrogens with one attached hydrogen (secondary N) is 1. The molecule has 0 aromatic heterocycles. The van der Waals surface area contributed by atoms with Crippen LogP contribution in [-0.4, -0.2) is 69.5 Å². The van der Waals surface area contributed by atoms with Crippen molar-refractivity contribution in [2.24, 2.45) is 5.92 Å². The number of rotatable bonds is 7. The monoisotopic (exact) mass is 499 g/mol. The number of carbonyl (C=O) groups excluding carboxylic acids is 1. The smallest absolute Gasteiger partial charge is 0.243 e. The van der Waals surface area contributed by atoms with E-state index in [1.165, 1.54) is 9.87 Å². The minimum absolute atomic E-state index is 0.00685. The lowest BCUT2D eigenvalue weighted by molar-refractivity contribution is -0.127.